The van der Waals surface area contributed by atoms with E-state index in [0.29, 0.717) is 13.1 Å². The monoisotopic (exact) mass is 417 g/mol. The van der Waals surface area contributed by atoms with Crippen molar-refractivity contribution in [2.45, 2.75) is 32.4 Å². The van der Waals surface area contributed by atoms with Crippen molar-refractivity contribution in [2.75, 3.05) is 13.2 Å². The summed E-state index contributed by atoms with van der Waals surface area (Å²) in [5.41, 5.74) is 5.13. The lowest BCUT2D eigenvalue weighted by atomic mass is 10.1. The second-order valence-electron chi connectivity index (χ2n) is 7.87. The van der Waals surface area contributed by atoms with Crippen LogP contribution in [0.25, 0.3) is 16.9 Å². The lowest BCUT2D eigenvalue weighted by Crippen LogP contribution is -2.28. The van der Waals surface area contributed by atoms with E-state index in [1.807, 2.05) is 46.1 Å². The predicted molar refractivity (Wildman–Crippen MR) is 120 cm³/mol. The molecule has 1 N–H and O–H groups in total. The molecule has 0 spiro atoms. The topological polar surface area (TPSA) is 67.6 Å². The Balaban J connectivity index is 1.68. The smallest absolute Gasteiger partial charge is 0.329 e. The molecule has 1 fully saturated rings. The number of aryl methyl sites for hydroxylation is 1. The summed E-state index contributed by atoms with van der Waals surface area (Å²) in [5.74, 6) is -0.962. The third-order valence-corrected chi connectivity index (χ3v) is 5.40. The highest BCUT2D eigenvalue weighted by atomic mass is 16.5. The molecule has 0 bridgehead atoms. The number of benzene rings is 2. The van der Waals surface area contributed by atoms with Gasteiger partial charge in [-0.25, -0.2) is 9.48 Å². The molecule has 2 heterocycles. The normalized spacial score (nSPS) is 16.1. The second kappa shape index (κ2) is 9.62. The minimum Gasteiger partial charge on any atom is -0.478 e. The Bertz CT molecular complexity index is 1040. The Morgan fingerprint density at radius 3 is 2.68 bits per heavy atom. The first kappa shape index (κ1) is 20.9. The number of rotatable bonds is 8. The number of aromatic nitrogens is 2. The molecule has 1 aliphatic heterocycles. The van der Waals surface area contributed by atoms with Crippen LogP contribution in [0.2, 0.25) is 0 Å². The Labute approximate surface area is 182 Å². The van der Waals surface area contributed by atoms with Gasteiger partial charge < -0.3 is 14.7 Å². The number of carboxylic acids is 1. The Kier molecular flexibility index (Phi) is 6.48. The second-order valence-corrected chi connectivity index (χ2v) is 7.87. The van der Waals surface area contributed by atoms with Crippen LogP contribution in [-0.4, -0.2) is 45.0 Å². The summed E-state index contributed by atoms with van der Waals surface area (Å²) in [5, 5.41) is 14.0. The fraction of sp³-hybridized carbons (Fsp3) is 0.280. The first-order chi connectivity index (χ1) is 15.1. The highest BCUT2D eigenvalue weighted by Gasteiger charge is 2.20. The first-order valence-electron chi connectivity index (χ1n) is 10.6. The molecule has 0 amide bonds. The van der Waals surface area contributed by atoms with Gasteiger partial charge in [-0.05, 0) is 31.9 Å². The SMILES string of the molecule is Cc1ccc(-c2nn(-c3ccccc3)cc2CN(/C=C/C(=O)O)C[C@@H]2CCCO2)cc1. The largest absolute Gasteiger partial charge is 0.478 e. The van der Waals surface area contributed by atoms with Crippen LogP contribution < -0.4 is 0 Å². The molecule has 1 saturated heterocycles. The minimum atomic E-state index is -0.962. The molecule has 6 heteroatoms. The van der Waals surface area contributed by atoms with Gasteiger partial charge in [0, 0.05) is 49.3 Å². The van der Waals surface area contributed by atoms with Crippen molar-refractivity contribution in [1.29, 1.82) is 0 Å². The van der Waals surface area contributed by atoms with Gasteiger partial charge in [0.05, 0.1) is 17.5 Å². The fourth-order valence-electron chi connectivity index (χ4n) is 3.81. The lowest BCUT2D eigenvalue weighted by Gasteiger charge is -2.23. The van der Waals surface area contributed by atoms with Gasteiger partial charge in [-0.2, -0.15) is 5.10 Å². The number of para-hydroxylation sites is 1. The van der Waals surface area contributed by atoms with Gasteiger partial charge in [0.15, 0.2) is 0 Å². The summed E-state index contributed by atoms with van der Waals surface area (Å²) in [6, 6.07) is 18.3. The van der Waals surface area contributed by atoms with Crippen molar-refractivity contribution in [3.05, 3.63) is 84.2 Å². The molecule has 1 aliphatic rings. The van der Waals surface area contributed by atoms with E-state index in [0.717, 1.165) is 42.0 Å². The highest BCUT2D eigenvalue weighted by molar-refractivity contribution is 5.79. The molecule has 0 aliphatic carbocycles. The van der Waals surface area contributed by atoms with E-state index in [9.17, 15) is 4.79 Å². The van der Waals surface area contributed by atoms with Gasteiger partial charge in [-0.1, -0.05) is 48.0 Å². The molecular weight excluding hydrogens is 390 g/mol. The van der Waals surface area contributed by atoms with E-state index in [2.05, 4.69) is 31.2 Å². The van der Waals surface area contributed by atoms with Crippen molar-refractivity contribution < 1.29 is 14.6 Å². The van der Waals surface area contributed by atoms with Crippen molar-refractivity contribution >= 4 is 5.97 Å². The van der Waals surface area contributed by atoms with Crippen LogP contribution in [0.5, 0.6) is 0 Å². The van der Waals surface area contributed by atoms with Crippen LogP contribution in [0.1, 0.15) is 24.0 Å². The van der Waals surface area contributed by atoms with Crippen LogP contribution in [0.4, 0.5) is 0 Å². The van der Waals surface area contributed by atoms with Crippen LogP contribution in [0.3, 0.4) is 0 Å². The van der Waals surface area contributed by atoms with Crippen molar-refractivity contribution in [3.8, 4) is 16.9 Å². The van der Waals surface area contributed by atoms with Crippen LogP contribution in [0, 0.1) is 6.92 Å². The van der Waals surface area contributed by atoms with E-state index in [4.69, 9.17) is 14.9 Å². The third-order valence-electron chi connectivity index (χ3n) is 5.40. The van der Waals surface area contributed by atoms with Crippen LogP contribution in [0.15, 0.2) is 73.1 Å². The van der Waals surface area contributed by atoms with Crippen molar-refractivity contribution in [2.24, 2.45) is 0 Å². The molecule has 6 nitrogen and oxygen atoms in total. The Morgan fingerprint density at radius 2 is 2.00 bits per heavy atom. The minimum absolute atomic E-state index is 0.116. The van der Waals surface area contributed by atoms with Gasteiger partial charge in [-0.15, -0.1) is 0 Å². The zero-order valence-corrected chi connectivity index (χ0v) is 17.6. The number of hydrogen-bond donors (Lipinski definition) is 1. The lowest BCUT2D eigenvalue weighted by molar-refractivity contribution is -0.131. The summed E-state index contributed by atoms with van der Waals surface area (Å²) >= 11 is 0. The molecule has 3 aromatic rings. The molecule has 0 unspecified atom stereocenters. The maximum atomic E-state index is 11.1. The van der Waals surface area contributed by atoms with Gasteiger partial charge in [0.1, 0.15) is 0 Å². The Morgan fingerprint density at radius 1 is 1.23 bits per heavy atom. The number of ether oxygens (including phenoxy) is 1. The van der Waals surface area contributed by atoms with Crippen molar-refractivity contribution in [3.63, 3.8) is 0 Å². The molecule has 160 valence electrons. The maximum absolute atomic E-state index is 11.1. The van der Waals surface area contributed by atoms with E-state index in [-0.39, 0.29) is 6.10 Å². The number of carboxylic acid groups (broad SMARTS) is 1. The van der Waals surface area contributed by atoms with Crippen molar-refractivity contribution in [1.82, 2.24) is 14.7 Å². The molecule has 1 atom stereocenters. The standard InChI is InChI=1S/C25H27N3O3/c1-19-9-11-20(12-10-19)25-21(17-28(26-25)22-6-3-2-4-7-22)16-27(14-13-24(29)30)18-23-8-5-15-31-23/h2-4,6-7,9-14,17,23H,5,8,15-16,18H2,1H3,(H,29,30)/b14-13+/t23-/m0/s1. The van der Waals surface area contributed by atoms with Crippen LogP contribution >= 0.6 is 0 Å². The molecule has 2 aromatic carbocycles. The number of aliphatic carboxylic acids is 1. The third kappa shape index (κ3) is 5.41. The van der Waals surface area contributed by atoms with Gasteiger partial charge in [0.25, 0.3) is 0 Å². The maximum Gasteiger partial charge on any atom is 0.329 e. The van der Waals surface area contributed by atoms with Gasteiger partial charge >= 0.3 is 5.97 Å². The van der Waals surface area contributed by atoms with E-state index >= 15 is 0 Å². The highest BCUT2D eigenvalue weighted by Crippen LogP contribution is 2.26. The zero-order valence-electron chi connectivity index (χ0n) is 17.6. The number of carbonyl (C=O) groups is 1. The summed E-state index contributed by atoms with van der Waals surface area (Å²) < 4.78 is 7.67. The molecule has 1 aromatic heterocycles. The van der Waals surface area contributed by atoms with E-state index in [1.54, 1.807) is 6.20 Å². The summed E-state index contributed by atoms with van der Waals surface area (Å²) in [6.45, 7) is 4.02. The van der Waals surface area contributed by atoms with Gasteiger partial charge in [-0.3, -0.25) is 0 Å². The predicted octanol–water partition coefficient (Wildman–Crippen LogP) is 4.43. The average molecular weight is 418 g/mol. The molecular formula is C25H27N3O3. The quantitative estimate of drug-likeness (QED) is 0.549. The summed E-state index contributed by atoms with van der Waals surface area (Å²) in [6.07, 6.45) is 7.00. The fourth-order valence-corrected chi connectivity index (χ4v) is 3.81. The summed E-state index contributed by atoms with van der Waals surface area (Å²) in [4.78, 5) is 13.1. The molecule has 4 rings (SSSR count). The molecule has 31 heavy (non-hydrogen) atoms. The van der Waals surface area contributed by atoms with E-state index in [1.165, 1.54) is 11.6 Å². The summed E-state index contributed by atoms with van der Waals surface area (Å²) in [7, 11) is 0. The zero-order chi connectivity index (χ0) is 21.6. The van der Waals surface area contributed by atoms with E-state index < -0.39 is 5.97 Å². The molecule has 0 saturated carbocycles. The first-order valence-corrected chi connectivity index (χ1v) is 10.6. The van der Waals surface area contributed by atoms with Crippen LogP contribution in [-0.2, 0) is 16.1 Å². The Hall–Kier alpha value is -3.38. The number of hydrogen-bond acceptors (Lipinski definition) is 4. The van der Waals surface area contributed by atoms with Gasteiger partial charge in [0.2, 0.25) is 0 Å². The number of nitrogens with zero attached hydrogens (tertiary/aromatic N) is 3. The molecule has 0 radical (unpaired) electrons. The average Bonchev–Trinajstić information content (AvgIpc) is 3.43.